The molecule has 132 valence electrons. The number of allylic oxidation sites excluding steroid dienone is 5. The van der Waals surface area contributed by atoms with Crippen LogP contribution in [-0.4, -0.2) is 16.2 Å². The van der Waals surface area contributed by atoms with Gasteiger partial charge >= 0.3 is 23.0 Å². The van der Waals surface area contributed by atoms with Crippen LogP contribution >= 0.6 is 0 Å². The van der Waals surface area contributed by atoms with Gasteiger partial charge in [0.05, 0.1) is 0 Å². The van der Waals surface area contributed by atoms with Crippen LogP contribution in [0.2, 0.25) is 0 Å². The van der Waals surface area contributed by atoms with Crippen LogP contribution in [0.15, 0.2) is 76.8 Å². The quantitative estimate of drug-likeness (QED) is 0.513. The molecule has 1 aromatic heterocycles. The molecule has 2 aromatic carbocycles. The normalized spacial score (nSPS) is 11.8. The largest absolute Gasteiger partial charge is 2.00 e. The number of carbonyl (C=O) groups is 1. The van der Waals surface area contributed by atoms with Crippen molar-refractivity contribution < 1.29 is 41.6 Å². The van der Waals surface area contributed by atoms with E-state index in [1.165, 1.54) is 0 Å². The first-order chi connectivity index (χ1) is 12.1. The van der Waals surface area contributed by atoms with Crippen LogP contribution in [0.3, 0.4) is 0 Å². The molecule has 0 bridgehead atoms. The monoisotopic (exact) mass is 390 g/mol. The Balaban J connectivity index is 0.000000351. The van der Waals surface area contributed by atoms with Crippen molar-refractivity contribution in [1.29, 1.82) is 0 Å². The van der Waals surface area contributed by atoms with Crippen LogP contribution in [0.25, 0.3) is 17.0 Å². The standard InChI is InChI=1S/C15H10O5.C5H5.Fe/c16-11-7-12-10(6-9(11)15(18)19)14(17)13(20-12)5-8-3-1-2-4-8;1-2-4-5-3-1;/h1-7,16-17H,(H,18,19);1-5H;/q;-1;+2/p-1. The van der Waals surface area contributed by atoms with E-state index >= 15 is 0 Å². The van der Waals surface area contributed by atoms with Gasteiger partial charge < -0.3 is 19.7 Å². The predicted molar refractivity (Wildman–Crippen MR) is 92.6 cm³/mol. The van der Waals surface area contributed by atoms with Gasteiger partial charge in [0.1, 0.15) is 22.7 Å². The molecule has 0 spiro atoms. The van der Waals surface area contributed by atoms with Gasteiger partial charge in [-0.2, -0.15) is 18.2 Å². The minimum absolute atomic E-state index is 0. The molecule has 0 unspecified atom stereocenters. The molecule has 0 atom stereocenters. The number of hydrogen-bond donors (Lipinski definition) is 2. The van der Waals surface area contributed by atoms with Crippen molar-refractivity contribution in [3.05, 3.63) is 83.7 Å². The molecule has 1 aliphatic carbocycles. The molecule has 6 heteroatoms. The van der Waals surface area contributed by atoms with Gasteiger partial charge in [-0.1, -0.05) is 30.1 Å². The minimum Gasteiger partial charge on any atom is -0.869 e. The summed E-state index contributed by atoms with van der Waals surface area (Å²) < 4.78 is 5.37. The van der Waals surface area contributed by atoms with Gasteiger partial charge in [0.2, 0.25) is 0 Å². The average molecular weight is 390 g/mol. The molecule has 0 saturated heterocycles. The summed E-state index contributed by atoms with van der Waals surface area (Å²) in [4.78, 5) is 10.9. The van der Waals surface area contributed by atoms with Crippen LogP contribution in [0.4, 0.5) is 0 Å². The number of hydrogen-bond acceptors (Lipinski definition) is 4. The summed E-state index contributed by atoms with van der Waals surface area (Å²) in [5.74, 6) is -2.03. The van der Waals surface area contributed by atoms with Gasteiger partial charge in [0, 0.05) is 11.5 Å². The van der Waals surface area contributed by atoms with Crippen LogP contribution < -0.4 is 5.11 Å². The van der Waals surface area contributed by atoms with Crippen LogP contribution in [0, 0.1) is 0 Å². The topological polar surface area (TPSA) is 93.7 Å². The Kier molecular flexibility index (Phi) is 6.17. The smallest absolute Gasteiger partial charge is 0.869 e. The number of aromatic hydroxyl groups is 1. The van der Waals surface area contributed by atoms with E-state index < -0.39 is 17.5 Å². The second kappa shape index (κ2) is 8.34. The third-order valence-corrected chi connectivity index (χ3v) is 3.56. The van der Waals surface area contributed by atoms with Gasteiger partial charge in [-0.25, -0.2) is 16.9 Å². The number of rotatable bonds is 2. The second-order valence-electron chi connectivity index (χ2n) is 5.29. The van der Waals surface area contributed by atoms with Crippen LogP contribution in [0.1, 0.15) is 16.1 Å². The second-order valence-corrected chi connectivity index (χ2v) is 5.29. The van der Waals surface area contributed by atoms with Gasteiger partial charge in [-0.15, -0.1) is 0 Å². The Labute approximate surface area is 160 Å². The van der Waals surface area contributed by atoms with Crippen molar-refractivity contribution in [2.45, 2.75) is 0 Å². The van der Waals surface area contributed by atoms with Crippen LogP contribution in [-0.2, 0) is 17.1 Å². The maximum absolute atomic E-state index is 12.1. The van der Waals surface area contributed by atoms with Gasteiger partial charge in [-0.3, -0.25) is 0 Å². The maximum Gasteiger partial charge on any atom is 2.00 e. The van der Waals surface area contributed by atoms with E-state index in [0.29, 0.717) is 0 Å². The van der Waals surface area contributed by atoms with E-state index in [1.807, 2.05) is 54.6 Å². The van der Waals surface area contributed by atoms with Crippen LogP contribution in [0.5, 0.6) is 11.5 Å². The van der Waals surface area contributed by atoms with Crippen molar-refractivity contribution in [3.8, 4) is 11.5 Å². The molecule has 4 rings (SSSR count). The number of phenols is 1. The number of furan rings is 1. The third-order valence-electron chi connectivity index (χ3n) is 3.56. The van der Waals surface area contributed by atoms with Crippen molar-refractivity contribution in [2.24, 2.45) is 0 Å². The van der Waals surface area contributed by atoms with Crippen molar-refractivity contribution in [3.63, 3.8) is 0 Å². The zero-order valence-electron chi connectivity index (χ0n) is 13.4. The molecule has 1 heterocycles. The molecule has 5 nitrogen and oxygen atoms in total. The summed E-state index contributed by atoms with van der Waals surface area (Å²) in [6.45, 7) is 0. The third kappa shape index (κ3) is 4.11. The van der Waals surface area contributed by atoms with Crippen molar-refractivity contribution in [1.82, 2.24) is 0 Å². The summed E-state index contributed by atoms with van der Waals surface area (Å²) in [6.07, 6.45) is 8.85. The average Bonchev–Trinajstić information content (AvgIpc) is 3.32. The Morgan fingerprint density at radius 2 is 1.81 bits per heavy atom. The SMILES string of the molecule is O=C(O)c1cc2c([O-])c(C=C3C=CC=C3)oc2cc1O.[Fe+2].c1cc[cH-]c1. The molecule has 0 aliphatic heterocycles. The molecule has 0 radical (unpaired) electrons. The fourth-order valence-corrected chi connectivity index (χ4v) is 2.35. The van der Waals surface area contributed by atoms with E-state index in [4.69, 9.17) is 9.52 Å². The minimum atomic E-state index is -1.30. The first kappa shape index (κ1) is 19.2. The summed E-state index contributed by atoms with van der Waals surface area (Å²) in [5, 5.41) is 30.8. The van der Waals surface area contributed by atoms with Crippen molar-refractivity contribution >= 4 is 23.0 Å². The Morgan fingerprint density at radius 3 is 2.35 bits per heavy atom. The molecule has 0 amide bonds. The summed E-state index contributed by atoms with van der Waals surface area (Å²) in [5.41, 5.74) is 0.648. The zero-order chi connectivity index (χ0) is 17.8. The Bertz CT molecular complexity index is 960. The van der Waals surface area contributed by atoms with E-state index in [1.54, 1.807) is 6.08 Å². The van der Waals surface area contributed by atoms with Gasteiger partial charge in [-0.05, 0) is 17.7 Å². The molecule has 0 saturated carbocycles. The summed E-state index contributed by atoms with van der Waals surface area (Å²) >= 11 is 0. The molecule has 2 N–H and O–H groups in total. The fourth-order valence-electron chi connectivity index (χ4n) is 2.35. The molecular weight excluding hydrogens is 376 g/mol. The number of aromatic carboxylic acids is 1. The van der Waals surface area contributed by atoms with E-state index in [9.17, 15) is 15.0 Å². The van der Waals surface area contributed by atoms with E-state index in [-0.39, 0.29) is 39.4 Å². The Morgan fingerprint density at radius 1 is 1.15 bits per heavy atom. The maximum atomic E-state index is 12.1. The zero-order valence-corrected chi connectivity index (χ0v) is 14.5. The predicted octanol–water partition coefficient (Wildman–Crippen LogP) is 3.82. The van der Waals surface area contributed by atoms with E-state index in [0.717, 1.165) is 17.7 Å². The fraction of sp³-hybridized carbons (Fsp3) is 0. The first-order valence-electron chi connectivity index (χ1n) is 7.49. The molecule has 0 fully saturated rings. The summed E-state index contributed by atoms with van der Waals surface area (Å²) in [7, 11) is 0. The molecule has 1 aliphatic rings. The molecule has 3 aromatic rings. The van der Waals surface area contributed by atoms with Crippen molar-refractivity contribution in [2.75, 3.05) is 0 Å². The summed E-state index contributed by atoms with van der Waals surface area (Å²) in [6, 6.07) is 12.3. The van der Waals surface area contributed by atoms with Gasteiger partial charge in [0.25, 0.3) is 0 Å². The number of carboxylic acid groups (broad SMARTS) is 1. The first-order valence-corrected chi connectivity index (χ1v) is 7.49. The molecular formula is C20H14FeO5. The van der Waals surface area contributed by atoms with Gasteiger partial charge in [0.15, 0.2) is 0 Å². The number of benzene rings is 1. The molecule has 26 heavy (non-hydrogen) atoms. The Hall–Kier alpha value is -3.08. The van der Waals surface area contributed by atoms with E-state index in [2.05, 4.69) is 0 Å². The number of carboxylic acids is 1. The number of fused-ring (bicyclic) bond motifs is 1.